The molecule has 2 aliphatic rings. The lowest BCUT2D eigenvalue weighted by atomic mass is 10.1. The Balaban J connectivity index is 1.58. The predicted molar refractivity (Wildman–Crippen MR) is 110 cm³/mol. The minimum absolute atomic E-state index is 0.0109. The number of nitrogens with one attached hydrogen (secondary N) is 1. The number of aliphatic imine (C=N–C) groups is 1. The summed E-state index contributed by atoms with van der Waals surface area (Å²) in [5.41, 5.74) is 1.89. The average Bonchev–Trinajstić information content (AvgIpc) is 3.28. The van der Waals surface area contributed by atoms with Crippen LogP contribution < -0.4 is 0 Å². The van der Waals surface area contributed by atoms with E-state index < -0.39 is 4.92 Å². The van der Waals surface area contributed by atoms with Crippen LogP contribution in [0.4, 0.5) is 5.69 Å². The number of rotatable bonds is 3. The lowest BCUT2D eigenvalue weighted by Crippen LogP contribution is -2.47. The zero-order valence-electron chi connectivity index (χ0n) is 15.9. The Labute approximate surface area is 171 Å². The van der Waals surface area contributed by atoms with Gasteiger partial charge >= 0.3 is 0 Å². The number of hydrogen-bond acceptors (Lipinski definition) is 7. The quantitative estimate of drug-likeness (QED) is 0.467. The van der Waals surface area contributed by atoms with Gasteiger partial charge in [-0.2, -0.15) is 10.1 Å². The number of amides is 1. The third-order valence-electron chi connectivity index (χ3n) is 4.60. The first kappa shape index (κ1) is 19.3. The number of carbonyl (C=O) groups is 1. The van der Waals surface area contributed by atoms with Gasteiger partial charge in [-0.25, -0.2) is 0 Å². The van der Waals surface area contributed by atoms with Gasteiger partial charge in [-0.1, -0.05) is 12.1 Å². The van der Waals surface area contributed by atoms with Gasteiger partial charge in [0.25, 0.3) is 11.6 Å². The van der Waals surface area contributed by atoms with E-state index in [-0.39, 0.29) is 23.8 Å². The highest BCUT2D eigenvalue weighted by molar-refractivity contribution is 8.18. The van der Waals surface area contributed by atoms with Crippen molar-refractivity contribution in [3.05, 3.63) is 51.0 Å². The number of nitro benzene ring substituents is 1. The minimum Gasteiger partial charge on any atom is -0.372 e. The number of nitro groups is 1. The Morgan fingerprint density at radius 3 is 2.83 bits per heavy atom. The Bertz CT molecular complexity index is 1020. The number of aromatic nitrogens is 2. The van der Waals surface area contributed by atoms with Gasteiger partial charge in [-0.3, -0.25) is 20.0 Å². The van der Waals surface area contributed by atoms with Crippen LogP contribution >= 0.6 is 11.8 Å². The van der Waals surface area contributed by atoms with Crippen LogP contribution in [0.15, 0.2) is 40.4 Å². The summed E-state index contributed by atoms with van der Waals surface area (Å²) in [5.74, 6) is -0.303. The summed E-state index contributed by atoms with van der Waals surface area (Å²) in [7, 11) is 0. The molecule has 1 saturated heterocycles. The van der Waals surface area contributed by atoms with Gasteiger partial charge in [-0.05, 0) is 31.7 Å². The standard InChI is InChI=1S/C19H19N5O4S/c1-11-9-23(10-12(2)28-11)19-21-18(25)16(29-19)7-14-8-20-22-17(14)13-4-3-5-15(6-13)24(26)27/h3-8,11-12H,9-10H2,1-2H3,(H,20,22)/b16-7+. The van der Waals surface area contributed by atoms with Gasteiger partial charge in [0.2, 0.25) is 0 Å². The molecule has 0 spiro atoms. The van der Waals surface area contributed by atoms with Crippen molar-refractivity contribution in [2.75, 3.05) is 13.1 Å². The highest BCUT2D eigenvalue weighted by Gasteiger charge is 2.31. The lowest BCUT2D eigenvalue weighted by molar-refractivity contribution is -0.384. The number of morpholine rings is 1. The summed E-state index contributed by atoms with van der Waals surface area (Å²) in [5, 5.41) is 18.6. The molecule has 4 rings (SSSR count). The molecule has 1 aromatic heterocycles. The molecule has 1 amide bonds. The number of nitrogens with zero attached hydrogens (tertiary/aromatic N) is 4. The molecule has 2 aromatic rings. The molecule has 0 radical (unpaired) electrons. The highest BCUT2D eigenvalue weighted by atomic mass is 32.2. The first-order valence-electron chi connectivity index (χ1n) is 9.12. The number of carbonyl (C=O) groups excluding carboxylic acids is 1. The molecule has 1 N–H and O–H groups in total. The molecule has 9 nitrogen and oxygen atoms in total. The smallest absolute Gasteiger partial charge is 0.286 e. The summed E-state index contributed by atoms with van der Waals surface area (Å²) in [6.45, 7) is 5.36. The van der Waals surface area contributed by atoms with E-state index >= 15 is 0 Å². The summed E-state index contributed by atoms with van der Waals surface area (Å²) in [6, 6.07) is 6.27. The van der Waals surface area contributed by atoms with Crippen molar-refractivity contribution in [1.29, 1.82) is 0 Å². The Hall–Kier alpha value is -2.98. The molecule has 1 aromatic carbocycles. The van der Waals surface area contributed by atoms with Crippen LogP contribution in [0.3, 0.4) is 0 Å². The molecular weight excluding hydrogens is 394 g/mol. The molecule has 29 heavy (non-hydrogen) atoms. The Morgan fingerprint density at radius 1 is 1.34 bits per heavy atom. The molecular formula is C19H19N5O4S. The number of amidine groups is 1. The maximum Gasteiger partial charge on any atom is 0.286 e. The van der Waals surface area contributed by atoms with E-state index in [2.05, 4.69) is 20.1 Å². The predicted octanol–water partition coefficient (Wildman–Crippen LogP) is 3.06. The van der Waals surface area contributed by atoms with Crippen molar-refractivity contribution in [2.24, 2.45) is 4.99 Å². The maximum atomic E-state index is 12.5. The molecule has 150 valence electrons. The van der Waals surface area contributed by atoms with E-state index in [1.165, 1.54) is 23.9 Å². The van der Waals surface area contributed by atoms with Crippen LogP contribution in [-0.2, 0) is 9.53 Å². The molecule has 3 heterocycles. The highest BCUT2D eigenvalue weighted by Crippen LogP contribution is 2.33. The van der Waals surface area contributed by atoms with Crippen LogP contribution in [0.25, 0.3) is 17.3 Å². The van der Waals surface area contributed by atoms with E-state index in [0.717, 1.165) is 0 Å². The van der Waals surface area contributed by atoms with Crippen molar-refractivity contribution in [2.45, 2.75) is 26.1 Å². The number of non-ortho nitro benzene ring substituents is 1. The zero-order valence-corrected chi connectivity index (χ0v) is 16.7. The van der Waals surface area contributed by atoms with Crippen molar-refractivity contribution in [3.63, 3.8) is 0 Å². The van der Waals surface area contributed by atoms with Gasteiger partial charge in [-0.15, -0.1) is 0 Å². The number of thioether (sulfide) groups is 1. The largest absolute Gasteiger partial charge is 0.372 e. The van der Waals surface area contributed by atoms with Gasteiger partial charge < -0.3 is 9.64 Å². The molecule has 0 aliphatic carbocycles. The van der Waals surface area contributed by atoms with Crippen molar-refractivity contribution >= 4 is 34.6 Å². The fourth-order valence-corrected chi connectivity index (χ4v) is 4.34. The fraction of sp³-hybridized carbons (Fsp3) is 0.316. The summed E-state index contributed by atoms with van der Waals surface area (Å²) in [4.78, 5) is 29.8. The van der Waals surface area contributed by atoms with E-state index in [4.69, 9.17) is 4.74 Å². The summed E-state index contributed by atoms with van der Waals surface area (Å²) < 4.78 is 5.74. The maximum absolute atomic E-state index is 12.5. The fourth-order valence-electron chi connectivity index (χ4n) is 3.42. The van der Waals surface area contributed by atoms with Crippen LogP contribution in [-0.4, -0.2) is 56.4 Å². The third-order valence-corrected chi connectivity index (χ3v) is 5.64. The second-order valence-electron chi connectivity index (χ2n) is 6.98. The average molecular weight is 413 g/mol. The first-order valence-corrected chi connectivity index (χ1v) is 9.93. The molecule has 2 unspecified atom stereocenters. The number of ether oxygens (including phenoxy) is 1. The van der Waals surface area contributed by atoms with Crippen LogP contribution in [0.2, 0.25) is 0 Å². The second kappa shape index (κ2) is 7.80. The van der Waals surface area contributed by atoms with Gasteiger partial charge in [0.15, 0.2) is 5.17 Å². The zero-order chi connectivity index (χ0) is 20.5. The molecule has 2 aliphatic heterocycles. The third kappa shape index (κ3) is 4.08. The van der Waals surface area contributed by atoms with Gasteiger partial charge in [0.1, 0.15) is 0 Å². The minimum atomic E-state index is -0.446. The molecule has 1 fully saturated rings. The van der Waals surface area contributed by atoms with Crippen molar-refractivity contribution in [1.82, 2.24) is 15.1 Å². The van der Waals surface area contributed by atoms with Crippen molar-refractivity contribution in [3.8, 4) is 11.3 Å². The Kier molecular flexibility index (Phi) is 5.20. The Morgan fingerprint density at radius 2 is 2.10 bits per heavy atom. The number of H-pyrrole nitrogens is 1. The van der Waals surface area contributed by atoms with Gasteiger partial charge in [0, 0.05) is 36.3 Å². The molecule has 10 heteroatoms. The lowest BCUT2D eigenvalue weighted by Gasteiger charge is -2.35. The van der Waals surface area contributed by atoms with E-state index in [0.29, 0.717) is 40.0 Å². The molecule has 0 bridgehead atoms. The number of hydrogen-bond donors (Lipinski definition) is 1. The van der Waals surface area contributed by atoms with Gasteiger partial charge in [0.05, 0.1) is 33.9 Å². The number of aromatic amines is 1. The van der Waals surface area contributed by atoms with E-state index in [9.17, 15) is 14.9 Å². The van der Waals surface area contributed by atoms with Crippen molar-refractivity contribution < 1.29 is 14.5 Å². The number of benzene rings is 1. The monoisotopic (exact) mass is 413 g/mol. The van der Waals surface area contributed by atoms with E-state index in [1.807, 2.05) is 13.8 Å². The second-order valence-corrected chi connectivity index (χ2v) is 7.99. The van der Waals surface area contributed by atoms with Crippen LogP contribution in [0.1, 0.15) is 19.4 Å². The summed E-state index contributed by atoms with van der Waals surface area (Å²) in [6.07, 6.45) is 3.44. The normalized spacial score (nSPS) is 23.5. The SMILES string of the molecule is CC1CN(C2=NC(=O)/C(=C\c3cn[nH]c3-c3cccc([N+](=O)[O-])c3)S2)CC(C)O1. The molecule has 0 saturated carbocycles. The molecule has 2 atom stereocenters. The summed E-state index contributed by atoms with van der Waals surface area (Å²) >= 11 is 1.32. The van der Waals surface area contributed by atoms with E-state index in [1.54, 1.807) is 24.4 Å². The topological polar surface area (TPSA) is 114 Å². The first-order chi connectivity index (χ1) is 13.9. The van der Waals surface area contributed by atoms with Crippen LogP contribution in [0.5, 0.6) is 0 Å². The van der Waals surface area contributed by atoms with Crippen LogP contribution in [0, 0.1) is 10.1 Å².